The van der Waals surface area contributed by atoms with Gasteiger partial charge in [0, 0.05) is 13.5 Å². The normalized spacial score (nSPS) is 9.18. The van der Waals surface area contributed by atoms with Gasteiger partial charge in [-0.05, 0) is 19.3 Å². The lowest BCUT2D eigenvalue weighted by Gasteiger charge is -1.97. The Morgan fingerprint density at radius 3 is 2.73 bits per heavy atom. The van der Waals surface area contributed by atoms with Crippen LogP contribution in [0.5, 0.6) is 0 Å². The summed E-state index contributed by atoms with van der Waals surface area (Å²) in [5.41, 5.74) is 0. The molecule has 64 valence electrons. The van der Waals surface area contributed by atoms with Gasteiger partial charge in [-0.2, -0.15) is 0 Å². The summed E-state index contributed by atoms with van der Waals surface area (Å²) >= 11 is 0. The van der Waals surface area contributed by atoms with Crippen molar-refractivity contribution in [2.24, 2.45) is 0 Å². The number of carbonyl (C=O) groups is 1. The number of unbranched alkanes of at least 4 members (excludes halogenated alkanes) is 3. The van der Waals surface area contributed by atoms with E-state index in [1.165, 1.54) is 0 Å². The lowest BCUT2D eigenvalue weighted by molar-refractivity contribution is -0.120. The summed E-state index contributed by atoms with van der Waals surface area (Å²) in [6.07, 6.45) is 6.91. The highest BCUT2D eigenvalue weighted by Crippen LogP contribution is 2.02. The molecule has 2 heteroatoms. The molecule has 0 fully saturated rings. The minimum absolute atomic E-state index is 0.142. The Morgan fingerprint density at radius 2 is 2.18 bits per heavy atom. The molecule has 2 nitrogen and oxygen atoms in total. The van der Waals surface area contributed by atoms with Crippen LogP contribution in [0.2, 0.25) is 0 Å². The molecule has 0 aromatic rings. The minimum atomic E-state index is 0.142. The highest BCUT2D eigenvalue weighted by atomic mass is 16.1. The fraction of sp³-hybridized carbons (Fsp3) is 0.667. The van der Waals surface area contributed by atoms with Crippen molar-refractivity contribution < 1.29 is 4.79 Å². The monoisotopic (exact) mass is 155 g/mol. The topological polar surface area (TPSA) is 29.1 Å². The summed E-state index contributed by atoms with van der Waals surface area (Å²) in [6, 6.07) is 0. The van der Waals surface area contributed by atoms with E-state index in [1.807, 2.05) is 6.08 Å². The quantitative estimate of drug-likeness (QED) is 0.460. The lowest BCUT2D eigenvalue weighted by Crippen LogP contribution is -2.16. The highest BCUT2D eigenvalue weighted by molar-refractivity contribution is 5.75. The smallest absolute Gasteiger partial charge is 0.219 e. The van der Waals surface area contributed by atoms with E-state index in [1.54, 1.807) is 7.05 Å². The number of carbonyl (C=O) groups excluding carboxylic acids is 1. The van der Waals surface area contributed by atoms with Crippen molar-refractivity contribution in [1.29, 1.82) is 0 Å². The van der Waals surface area contributed by atoms with Crippen molar-refractivity contribution in [3.05, 3.63) is 12.7 Å². The molecule has 0 saturated heterocycles. The Bertz CT molecular complexity index is 121. The summed E-state index contributed by atoms with van der Waals surface area (Å²) in [5, 5.41) is 2.60. The van der Waals surface area contributed by atoms with Crippen LogP contribution in [0.3, 0.4) is 0 Å². The van der Waals surface area contributed by atoms with Crippen molar-refractivity contribution in [2.45, 2.75) is 32.1 Å². The van der Waals surface area contributed by atoms with Crippen molar-refractivity contribution in [3.8, 4) is 0 Å². The first-order valence-corrected chi connectivity index (χ1v) is 4.12. The van der Waals surface area contributed by atoms with Crippen molar-refractivity contribution in [3.63, 3.8) is 0 Å². The van der Waals surface area contributed by atoms with Crippen molar-refractivity contribution >= 4 is 5.91 Å². The van der Waals surface area contributed by atoms with Crippen LogP contribution in [-0.4, -0.2) is 13.0 Å². The zero-order valence-electron chi connectivity index (χ0n) is 7.23. The van der Waals surface area contributed by atoms with Crippen LogP contribution in [0.4, 0.5) is 0 Å². The van der Waals surface area contributed by atoms with Crippen LogP contribution in [0, 0.1) is 0 Å². The van der Waals surface area contributed by atoms with Gasteiger partial charge in [0.05, 0.1) is 0 Å². The predicted molar refractivity (Wildman–Crippen MR) is 47.3 cm³/mol. The van der Waals surface area contributed by atoms with Gasteiger partial charge in [0.1, 0.15) is 0 Å². The Balaban J connectivity index is 3.01. The summed E-state index contributed by atoms with van der Waals surface area (Å²) in [6.45, 7) is 3.63. The average molecular weight is 155 g/mol. The maximum absolute atomic E-state index is 10.7. The van der Waals surface area contributed by atoms with Gasteiger partial charge in [-0.25, -0.2) is 0 Å². The number of rotatable bonds is 6. The molecule has 0 aliphatic heterocycles. The minimum Gasteiger partial charge on any atom is -0.359 e. The van der Waals surface area contributed by atoms with E-state index < -0.39 is 0 Å². The molecule has 0 aromatic heterocycles. The van der Waals surface area contributed by atoms with Crippen LogP contribution in [0.25, 0.3) is 0 Å². The molecule has 0 aromatic carbocycles. The molecule has 1 amide bonds. The third kappa shape index (κ3) is 7.10. The maximum atomic E-state index is 10.7. The predicted octanol–water partition coefficient (Wildman–Crippen LogP) is 1.87. The number of hydrogen-bond donors (Lipinski definition) is 1. The van der Waals surface area contributed by atoms with E-state index in [4.69, 9.17) is 0 Å². The largest absolute Gasteiger partial charge is 0.359 e. The molecule has 0 saturated carbocycles. The van der Waals surface area contributed by atoms with Gasteiger partial charge in [-0.1, -0.05) is 12.5 Å². The van der Waals surface area contributed by atoms with Gasteiger partial charge in [0.15, 0.2) is 0 Å². The number of hydrogen-bond acceptors (Lipinski definition) is 1. The lowest BCUT2D eigenvalue weighted by atomic mass is 10.1. The molecule has 0 heterocycles. The molecule has 0 radical (unpaired) electrons. The fourth-order valence-corrected chi connectivity index (χ4v) is 0.876. The summed E-state index contributed by atoms with van der Waals surface area (Å²) in [4.78, 5) is 10.7. The summed E-state index contributed by atoms with van der Waals surface area (Å²) in [5.74, 6) is 0.142. The maximum Gasteiger partial charge on any atom is 0.219 e. The number of amides is 1. The molecule has 0 aliphatic rings. The molecule has 0 spiro atoms. The second-order valence-electron chi connectivity index (χ2n) is 2.56. The first-order chi connectivity index (χ1) is 5.31. The van der Waals surface area contributed by atoms with Crippen molar-refractivity contribution in [1.82, 2.24) is 5.32 Å². The molecular weight excluding hydrogens is 138 g/mol. The molecule has 0 bridgehead atoms. The first-order valence-electron chi connectivity index (χ1n) is 4.12. The Labute approximate surface area is 68.7 Å². The SMILES string of the molecule is C=CCCCCCC(=O)NC. The zero-order chi connectivity index (χ0) is 8.53. The molecule has 0 aliphatic carbocycles. The summed E-state index contributed by atoms with van der Waals surface area (Å²) < 4.78 is 0. The van der Waals surface area contributed by atoms with Crippen LogP contribution < -0.4 is 5.32 Å². The van der Waals surface area contributed by atoms with E-state index in [-0.39, 0.29) is 5.91 Å². The molecular formula is C9H17NO. The third-order valence-corrected chi connectivity index (χ3v) is 1.59. The van der Waals surface area contributed by atoms with Crippen LogP contribution in [-0.2, 0) is 4.79 Å². The Kier molecular flexibility index (Phi) is 6.79. The van der Waals surface area contributed by atoms with E-state index in [9.17, 15) is 4.79 Å². The molecule has 0 rings (SSSR count). The number of allylic oxidation sites excluding steroid dienone is 1. The van der Waals surface area contributed by atoms with E-state index in [0.717, 1.165) is 25.7 Å². The second-order valence-corrected chi connectivity index (χ2v) is 2.56. The zero-order valence-corrected chi connectivity index (χ0v) is 7.23. The first kappa shape index (κ1) is 10.2. The second kappa shape index (κ2) is 7.32. The average Bonchev–Trinajstić information content (AvgIpc) is 2.04. The molecule has 1 N–H and O–H groups in total. The van der Waals surface area contributed by atoms with E-state index in [0.29, 0.717) is 6.42 Å². The Morgan fingerprint density at radius 1 is 1.45 bits per heavy atom. The number of nitrogens with one attached hydrogen (secondary N) is 1. The highest BCUT2D eigenvalue weighted by Gasteiger charge is 1.95. The van der Waals surface area contributed by atoms with Crippen LogP contribution in [0.15, 0.2) is 12.7 Å². The molecule has 11 heavy (non-hydrogen) atoms. The van der Waals surface area contributed by atoms with Gasteiger partial charge >= 0.3 is 0 Å². The van der Waals surface area contributed by atoms with Crippen LogP contribution >= 0.6 is 0 Å². The third-order valence-electron chi connectivity index (χ3n) is 1.59. The van der Waals surface area contributed by atoms with Gasteiger partial charge in [0.25, 0.3) is 0 Å². The molecule has 0 unspecified atom stereocenters. The van der Waals surface area contributed by atoms with Gasteiger partial charge in [-0.15, -0.1) is 6.58 Å². The summed E-state index contributed by atoms with van der Waals surface area (Å²) in [7, 11) is 1.67. The van der Waals surface area contributed by atoms with E-state index >= 15 is 0 Å². The van der Waals surface area contributed by atoms with Gasteiger partial charge < -0.3 is 5.32 Å². The Hall–Kier alpha value is -0.790. The standard InChI is InChI=1S/C9H17NO/c1-3-4-5-6-7-8-9(11)10-2/h3H,1,4-8H2,2H3,(H,10,11). The molecule has 0 atom stereocenters. The van der Waals surface area contributed by atoms with Gasteiger partial charge in [0.2, 0.25) is 5.91 Å². The van der Waals surface area contributed by atoms with E-state index in [2.05, 4.69) is 11.9 Å². The van der Waals surface area contributed by atoms with Crippen LogP contribution in [0.1, 0.15) is 32.1 Å². The van der Waals surface area contributed by atoms with Crippen molar-refractivity contribution in [2.75, 3.05) is 7.05 Å². The van der Waals surface area contributed by atoms with Gasteiger partial charge in [-0.3, -0.25) is 4.79 Å². The fourth-order valence-electron chi connectivity index (χ4n) is 0.876.